The molecule has 0 unspecified atom stereocenters. The van der Waals surface area contributed by atoms with E-state index in [-0.39, 0.29) is 42.0 Å². The van der Waals surface area contributed by atoms with Gasteiger partial charge in [-0.1, -0.05) is 24.8 Å². The summed E-state index contributed by atoms with van der Waals surface area (Å²) in [6.07, 6.45) is 3.71. The number of aliphatic hydroxyl groups excluding tert-OH is 1. The van der Waals surface area contributed by atoms with Crippen molar-refractivity contribution in [3.8, 4) is 17.7 Å². The predicted molar refractivity (Wildman–Crippen MR) is 142 cm³/mol. The zero-order valence-corrected chi connectivity index (χ0v) is 23.1. The number of pyridine rings is 1. The molecule has 0 bridgehead atoms. The zero-order chi connectivity index (χ0) is 28.4. The maximum Gasteiger partial charge on any atom is 0.259 e. The number of fused-ring (bicyclic) bond motifs is 1. The Balaban J connectivity index is 1.67. The molecule has 3 atom stereocenters. The summed E-state index contributed by atoms with van der Waals surface area (Å²) in [6, 6.07) is 5.81. The molecule has 1 aliphatic carbocycles. The van der Waals surface area contributed by atoms with Crippen LogP contribution in [0.15, 0.2) is 41.4 Å². The number of rotatable bonds is 6. The van der Waals surface area contributed by atoms with E-state index >= 15 is 0 Å². The molecule has 1 amide bonds. The minimum atomic E-state index is -4.03. The van der Waals surface area contributed by atoms with Crippen LogP contribution < -0.4 is 4.74 Å². The summed E-state index contributed by atoms with van der Waals surface area (Å²) >= 11 is 0. The van der Waals surface area contributed by atoms with Gasteiger partial charge >= 0.3 is 0 Å². The van der Waals surface area contributed by atoms with Crippen molar-refractivity contribution in [1.29, 1.82) is 0 Å². The first-order valence-corrected chi connectivity index (χ1v) is 14.4. The van der Waals surface area contributed by atoms with Gasteiger partial charge in [0.15, 0.2) is 0 Å². The number of halogens is 1. The van der Waals surface area contributed by atoms with E-state index in [9.17, 15) is 27.8 Å². The molecular formula is C28H34FN3O6S. The van der Waals surface area contributed by atoms with Gasteiger partial charge in [-0.3, -0.25) is 4.79 Å². The minimum Gasteiger partial charge on any atom is -0.472 e. The Morgan fingerprint density at radius 1 is 1.31 bits per heavy atom. The molecule has 39 heavy (non-hydrogen) atoms. The fourth-order valence-electron chi connectivity index (χ4n) is 4.82. The molecule has 210 valence electrons. The van der Waals surface area contributed by atoms with Crippen LogP contribution in [0, 0.1) is 23.6 Å². The molecule has 1 aromatic carbocycles. The van der Waals surface area contributed by atoms with Crippen molar-refractivity contribution in [2.45, 2.75) is 62.2 Å². The molecular weight excluding hydrogens is 525 g/mol. The standard InChI is InChI=1S/C28H34FN3O6S/c1-19-16-32(20(2)18-33)27(34)24-13-21(9-12-28(35)10-4-5-11-28)15-30-26(24)38-25(19)17-31(3)39(36,37)23-8-6-7-22(29)14-23/h6-8,13-15,19-20,25,33,35H,4-5,10-11,16-18H2,1-3H3/t19-,20+,25+/m0/s1. The lowest BCUT2D eigenvalue weighted by atomic mass is 10.00. The van der Waals surface area contributed by atoms with Crippen LogP contribution in [0.2, 0.25) is 0 Å². The second kappa shape index (κ2) is 11.6. The third kappa shape index (κ3) is 6.41. The first-order chi connectivity index (χ1) is 18.4. The molecule has 1 fully saturated rings. The maximum absolute atomic E-state index is 13.7. The number of amides is 1. The van der Waals surface area contributed by atoms with E-state index in [1.165, 1.54) is 36.3 Å². The number of hydrogen-bond acceptors (Lipinski definition) is 7. The quantitative estimate of drug-likeness (QED) is 0.522. The van der Waals surface area contributed by atoms with Gasteiger partial charge in [0.1, 0.15) is 23.1 Å². The molecule has 0 radical (unpaired) electrons. The molecule has 1 aromatic heterocycles. The number of likely N-dealkylation sites (N-methyl/N-ethyl adjacent to an activating group) is 1. The van der Waals surface area contributed by atoms with Crippen LogP contribution in [0.5, 0.6) is 5.88 Å². The van der Waals surface area contributed by atoms with Crippen molar-refractivity contribution < 1.29 is 32.6 Å². The number of carbonyl (C=O) groups is 1. The molecule has 1 aliphatic heterocycles. The van der Waals surface area contributed by atoms with Gasteiger partial charge in [0.25, 0.3) is 5.91 Å². The molecule has 4 rings (SSSR count). The first-order valence-electron chi connectivity index (χ1n) is 13.0. The largest absolute Gasteiger partial charge is 0.472 e. The van der Waals surface area contributed by atoms with E-state index in [2.05, 4.69) is 16.8 Å². The number of aromatic nitrogens is 1. The summed E-state index contributed by atoms with van der Waals surface area (Å²) in [7, 11) is -2.64. The van der Waals surface area contributed by atoms with Crippen molar-refractivity contribution in [2.24, 2.45) is 5.92 Å². The molecule has 1 saturated carbocycles. The summed E-state index contributed by atoms with van der Waals surface area (Å²) in [5.74, 6) is 4.45. The smallest absolute Gasteiger partial charge is 0.259 e. The maximum atomic E-state index is 13.7. The molecule has 0 saturated heterocycles. The Labute approximate surface area is 228 Å². The Kier molecular flexibility index (Phi) is 8.61. The van der Waals surface area contributed by atoms with Gasteiger partial charge in [-0.2, -0.15) is 4.31 Å². The van der Waals surface area contributed by atoms with Crippen molar-refractivity contribution in [3.05, 3.63) is 53.5 Å². The first kappa shape index (κ1) is 29.0. The highest BCUT2D eigenvalue weighted by atomic mass is 32.2. The normalized spacial score (nSPS) is 21.8. The van der Waals surface area contributed by atoms with Crippen LogP contribution in [0.3, 0.4) is 0 Å². The van der Waals surface area contributed by atoms with E-state index in [1.807, 2.05) is 6.92 Å². The number of benzene rings is 1. The van der Waals surface area contributed by atoms with Crippen molar-refractivity contribution in [3.63, 3.8) is 0 Å². The van der Waals surface area contributed by atoms with Gasteiger partial charge in [-0.25, -0.2) is 17.8 Å². The number of aliphatic hydroxyl groups is 2. The van der Waals surface area contributed by atoms with Crippen molar-refractivity contribution in [2.75, 3.05) is 26.7 Å². The predicted octanol–water partition coefficient (Wildman–Crippen LogP) is 2.42. The molecule has 2 aromatic rings. The van der Waals surface area contributed by atoms with Gasteiger partial charge in [0, 0.05) is 31.3 Å². The molecule has 2 heterocycles. The summed E-state index contributed by atoms with van der Waals surface area (Å²) in [6.45, 7) is 3.37. The lowest BCUT2D eigenvalue weighted by Gasteiger charge is -2.37. The van der Waals surface area contributed by atoms with E-state index in [4.69, 9.17) is 4.74 Å². The summed E-state index contributed by atoms with van der Waals surface area (Å²) in [4.78, 5) is 19.3. The van der Waals surface area contributed by atoms with E-state index in [0.717, 1.165) is 23.2 Å². The van der Waals surface area contributed by atoms with Gasteiger partial charge in [-0.15, -0.1) is 0 Å². The lowest BCUT2D eigenvalue weighted by Crippen LogP contribution is -2.50. The second-order valence-corrected chi connectivity index (χ2v) is 12.5. The Morgan fingerprint density at radius 3 is 2.69 bits per heavy atom. The molecule has 9 nitrogen and oxygen atoms in total. The average molecular weight is 560 g/mol. The fourth-order valence-corrected chi connectivity index (χ4v) is 6.04. The third-order valence-electron chi connectivity index (χ3n) is 7.33. The number of carbonyl (C=O) groups excluding carboxylic acids is 1. The van der Waals surface area contributed by atoms with Crippen LogP contribution in [-0.4, -0.2) is 83.2 Å². The Morgan fingerprint density at radius 2 is 2.03 bits per heavy atom. The molecule has 11 heteroatoms. The highest BCUT2D eigenvalue weighted by Crippen LogP contribution is 2.30. The van der Waals surface area contributed by atoms with E-state index in [0.29, 0.717) is 18.4 Å². The van der Waals surface area contributed by atoms with Crippen molar-refractivity contribution >= 4 is 15.9 Å². The van der Waals surface area contributed by atoms with Gasteiger partial charge in [0.2, 0.25) is 15.9 Å². The average Bonchev–Trinajstić information content (AvgIpc) is 3.35. The SMILES string of the molecule is C[C@H](CO)N1C[C@H](C)[C@@H](CN(C)S(=O)(=O)c2cccc(F)c2)Oc2ncc(C#CC3(O)CCCC3)cc2C1=O. The highest BCUT2D eigenvalue weighted by molar-refractivity contribution is 7.89. The summed E-state index contributed by atoms with van der Waals surface area (Å²) in [5, 5.41) is 20.4. The van der Waals surface area contributed by atoms with Gasteiger partial charge in [-0.05, 0) is 56.9 Å². The molecule has 2 N–H and O–H groups in total. The number of ether oxygens (including phenoxy) is 1. The Hall–Kier alpha value is -3.04. The molecule has 0 spiro atoms. The molecule has 2 aliphatic rings. The van der Waals surface area contributed by atoms with Crippen LogP contribution in [0.25, 0.3) is 0 Å². The third-order valence-corrected chi connectivity index (χ3v) is 9.15. The van der Waals surface area contributed by atoms with Gasteiger partial charge in [0.05, 0.1) is 24.1 Å². The zero-order valence-electron chi connectivity index (χ0n) is 22.3. The van der Waals surface area contributed by atoms with Crippen LogP contribution in [-0.2, 0) is 10.0 Å². The summed E-state index contributed by atoms with van der Waals surface area (Å²) < 4.78 is 47.3. The topological polar surface area (TPSA) is 120 Å². The lowest BCUT2D eigenvalue weighted by molar-refractivity contribution is 0.0373. The monoisotopic (exact) mass is 559 g/mol. The van der Waals surface area contributed by atoms with Crippen molar-refractivity contribution in [1.82, 2.24) is 14.2 Å². The van der Waals surface area contributed by atoms with Crippen LogP contribution >= 0.6 is 0 Å². The van der Waals surface area contributed by atoms with Crippen LogP contribution in [0.1, 0.15) is 55.5 Å². The van der Waals surface area contributed by atoms with E-state index in [1.54, 1.807) is 13.0 Å². The number of sulfonamides is 1. The summed E-state index contributed by atoms with van der Waals surface area (Å²) in [5.41, 5.74) is -0.493. The van der Waals surface area contributed by atoms with Gasteiger partial charge < -0.3 is 19.8 Å². The second-order valence-electron chi connectivity index (χ2n) is 10.4. The van der Waals surface area contributed by atoms with E-state index < -0.39 is 39.5 Å². The minimum absolute atomic E-state index is 0.0216. The number of nitrogens with zero attached hydrogens (tertiary/aromatic N) is 3. The van der Waals surface area contributed by atoms with Crippen LogP contribution in [0.4, 0.5) is 4.39 Å². The number of hydrogen-bond donors (Lipinski definition) is 2. The highest BCUT2D eigenvalue weighted by Gasteiger charge is 2.36. The fraction of sp³-hybridized carbons (Fsp3) is 0.500. The Bertz CT molecular complexity index is 1380.